The summed E-state index contributed by atoms with van der Waals surface area (Å²) in [5, 5.41) is 21.1. The quantitative estimate of drug-likeness (QED) is 0.215. The minimum atomic E-state index is 0.643. The number of nitrogens with zero attached hydrogens (tertiary/aromatic N) is 4. The van der Waals surface area contributed by atoms with Gasteiger partial charge in [-0.3, -0.25) is 0 Å². The molecule has 204 valence electrons. The largest absolute Gasteiger partial charge is 0.306 e. The molecule has 0 aliphatic heterocycles. The van der Waals surface area contributed by atoms with E-state index in [1.807, 2.05) is 48.5 Å². The van der Waals surface area contributed by atoms with Gasteiger partial charge in [0.15, 0.2) is 0 Å². The predicted molar refractivity (Wildman–Crippen MR) is 178 cm³/mol. The number of benzene rings is 6. The number of hydrogen-bond donors (Lipinski definition) is 0. The Bertz CT molecular complexity index is 2270. The molecule has 0 saturated carbocycles. The van der Waals surface area contributed by atoms with Crippen molar-refractivity contribution < 1.29 is 0 Å². The highest BCUT2D eigenvalue weighted by Crippen LogP contribution is 2.43. The third kappa shape index (κ3) is 3.83. The van der Waals surface area contributed by atoms with E-state index in [9.17, 15) is 10.5 Å². The van der Waals surface area contributed by atoms with Crippen LogP contribution in [0.3, 0.4) is 0 Å². The molecule has 44 heavy (non-hydrogen) atoms. The van der Waals surface area contributed by atoms with Crippen LogP contribution in [0.15, 0.2) is 146 Å². The normalized spacial score (nSPS) is 11.1. The van der Waals surface area contributed by atoms with Gasteiger partial charge in [-0.25, -0.2) is 0 Å². The smallest absolute Gasteiger partial charge is 0.0991 e. The van der Waals surface area contributed by atoms with Gasteiger partial charge in [-0.1, -0.05) is 97.1 Å². The first-order valence-corrected chi connectivity index (χ1v) is 14.5. The van der Waals surface area contributed by atoms with Crippen molar-refractivity contribution in [2.45, 2.75) is 0 Å². The summed E-state index contributed by atoms with van der Waals surface area (Å²) in [6, 6.07) is 54.2. The summed E-state index contributed by atoms with van der Waals surface area (Å²) in [6.45, 7) is 0. The summed E-state index contributed by atoms with van der Waals surface area (Å²) in [4.78, 5) is 0. The molecule has 0 spiro atoms. The van der Waals surface area contributed by atoms with Crippen LogP contribution in [0.5, 0.6) is 0 Å². The van der Waals surface area contributed by atoms with E-state index in [0.29, 0.717) is 11.1 Å². The summed E-state index contributed by atoms with van der Waals surface area (Å²) in [5.74, 6) is 0. The molecule has 0 aliphatic carbocycles. The third-order valence-corrected chi connectivity index (χ3v) is 8.41. The maximum Gasteiger partial charge on any atom is 0.0991 e. The maximum atomic E-state index is 9.38. The molecule has 2 aromatic heterocycles. The molecule has 0 saturated heterocycles. The van der Waals surface area contributed by atoms with E-state index in [2.05, 4.69) is 118 Å². The van der Waals surface area contributed by atoms with Gasteiger partial charge in [0.25, 0.3) is 0 Å². The van der Waals surface area contributed by atoms with Crippen LogP contribution in [0.1, 0.15) is 11.1 Å². The van der Waals surface area contributed by atoms with Crippen LogP contribution < -0.4 is 0 Å². The zero-order chi connectivity index (χ0) is 29.6. The van der Waals surface area contributed by atoms with Gasteiger partial charge in [-0.15, -0.1) is 0 Å². The second-order valence-electron chi connectivity index (χ2n) is 10.8. The van der Waals surface area contributed by atoms with Crippen LogP contribution in [0, 0.1) is 22.7 Å². The van der Waals surface area contributed by atoms with Crippen molar-refractivity contribution in [2.24, 2.45) is 0 Å². The van der Waals surface area contributed by atoms with Crippen molar-refractivity contribution in [3.8, 4) is 45.8 Å². The number of fused-ring (bicyclic) bond motifs is 5. The first-order chi connectivity index (χ1) is 21.8. The molecule has 4 heteroatoms. The Morgan fingerprint density at radius 3 is 1.16 bits per heavy atom. The molecular formula is C40H24N4. The molecule has 0 atom stereocenters. The minimum Gasteiger partial charge on any atom is -0.306 e. The van der Waals surface area contributed by atoms with E-state index in [1.165, 1.54) is 0 Å². The molecule has 0 N–H and O–H groups in total. The summed E-state index contributed by atoms with van der Waals surface area (Å²) in [5.41, 5.74) is 12.2. The molecule has 0 unspecified atom stereocenters. The number of nitriles is 2. The Balaban J connectivity index is 1.49. The third-order valence-electron chi connectivity index (χ3n) is 8.41. The Morgan fingerprint density at radius 2 is 0.750 bits per heavy atom. The molecule has 2 heterocycles. The highest BCUT2D eigenvalue weighted by molar-refractivity contribution is 6.20. The van der Waals surface area contributed by atoms with Crippen molar-refractivity contribution in [1.82, 2.24) is 9.13 Å². The molecule has 6 aromatic carbocycles. The summed E-state index contributed by atoms with van der Waals surface area (Å²) in [7, 11) is 0. The Labute approximate surface area is 254 Å². The molecule has 8 aromatic rings. The van der Waals surface area contributed by atoms with Gasteiger partial charge in [-0.2, -0.15) is 10.5 Å². The molecule has 0 radical (unpaired) electrons. The topological polar surface area (TPSA) is 57.4 Å². The van der Waals surface area contributed by atoms with Crippen LogP contribution in [-0.2, 0) is 0 Å². The average Bonchev–Trinajstić information content (AvgIpc) is 3.61. The van der Waals surface area contributed by atoms with E-state index in [0.717, 1.165) is 66.5 Å². The Kier molecular flexibility index (Phi) is 5.86. The monoisotopic (exact) mass is 560 g/mol. The van der Waals surface area contributed by atoms with Gasteiger partial charge in [0.2, 0.25) is 0 Å². The summed E-state index contributed by atoms with van der Waals surface area (Å²) < 4.78 is 4.78. The van der Waals surface area contributed by atoms with Crippen LogP contribution in [0.2, 0.25) is 0 Å². The first kappa shape index (κ1) is 25.4. The Morgan fingerprint density at radius 1 is 0.386 bits per heavy atom. The highest BCUT2D eigenvalue weighted by atomic mass is 15.1. The average molecular weight is 561 g/mol. The standard InChI is InChI=1S/C40H24N4/c41-25-27-17-21-29(22-18-27)31-9-1-5-13-35(31)43-37-15-7-3-11-33(37)40-39(43)34-12-4-8-16-38(34)44(40)36-14-6-2-10-32(36)30-23-19-28(26-42)20-24-30/h1-24H. The van der Waals surface area contributed by atoms with Crippen LogP contribution >= 0.6 is 0 Å². The van der Waals surface area contributed by atoms with Gasteiger partial charge in [0, 0.05) is 21.9 Å². The lowest BCUT2D eigenvalue weighted by Gasteiger charge is -2.14. The fourth-order valence-corrected chi connectivity index (χ4v) is 6.46. The second-order valence-corrected chi connectivity index (χ2v) is 10.8. The SMILES string of the molecule is N#Cc1ccc(-c2ccccc2-n2c3ccccc3c3c2c2ccccc2n3-c2ccccc2-c2ccc(C#N)cc2)cc1. The van der Waals surface area contributed by atoms with Crippen molar-refractivity contribution in [1.29, 1.82) is 10.5 Å². The van der Waals surface area contributed by atoms with Crippen molar-refractivity contribution >= 4 is 32.8 Å². The van der Waals surface area contributed by atoms with Crippen LogP contribution in [0.4, 0.5) is 0 Å². The molecule has 8 rings (SSSR count). The van der Waals surface area contributed by atoms with Gasteiger partial charge in [-0.05, 0) is 59.7 Å². The van der Waals surface area contributed by atoms with Gasteiger partial charge < -0.3 is 9.13 Å². The van der Waals surface area contributed by atoms with Crippen molar-refractivity contribution in [2.75, 3.05) is 0 Å². The van der Waals surface area contributed by atoms with Gasteiger partial charge in [0.05, 0.1) is 56.7 Å². The van der Waals surface area contributed by atoms with Crippen LogP contribution in [0.25, 0.3) is 66.5 Å². The van der Waals surface area contributed by atoms with Gasteiger partial charge >= 0.3 is 0 Å². The lowest BCUT2D eigenvalue weighted by Crippen LogP contribution is -1.97. The number of hydrogen-bond acceptors (Lipinski definition) is 2. The maximum absolute atomic E-state index is 9.38. The van der Waals surface area contributed by atoms with Crippen LogP contribution in [-0.4, -0.2) is 9.13 Å². The zero-order valence-corrected chi connectivity index (χ0v) is 23.6. The molecule has 0 fully saturated rings. The van der Waals surface area contributed by atoms with E-state index >= 15 is 0 Å². The number of rotatable bonds is 4. The molecule has 0 aliphatic rings. The van der Waals surface area contributed by atoms with Crippen molar-refractivity contribution in [3.05, 3.63) is 157 Å². The Hall–Kier alpha value is -6.36. The predicted octanol–water partition coefficient (Wildman–Crippen LogP) is 9.80. The fourth-order valence-electron chi connectivity index (χ4n) is 6.46. The lowest BCUT2D eigenvalue weighted by molar-refractivity contribution is 1.18. The van der Waals surface area contributed by atoms with E-state index in [4.69, 9.17) is 0 Å². The van der Waals surface area contributed by atoms with E-state index in [-0.39, 0.29) is 0 Å². The molecule has 0 bridgehead atoms. The first-order valence-electron chi connectivity index (χ1n) is 14.5. The fraction of sp³-hybridized carbons (Fsp3) is 0. The zero-order valence-electron chi connectivity index (χ0n) is 23.6. The minimum absolute atomic E-state index is 0.643. The van der Waals surface area contributed by atoms with Crippen molar-refractivity contribution in [3.63, 3.8) is 0 Å². The molecule has 4 nitrogen and oxygen atoms in total. The number of aromatic nitrogens is 2. The lowest BCUT2D eigenvalue weighted by atomic mass is 10.0. The second kappa shape index (κ2) is 10.2. The molecular weight excluding hydrogens is 536 g/mol. The summed E-state index contributed by atoms with van der Waals surface area (Å²) in [6.07, 6.45) is 0. The van der Waals surface area contributed by atoms with E-state index < -0.39 is 0 Å². The van der Waals surface area contributed by atoms with E-state index in [1.54, 1.807) is 0 Å². The number of para-hydroxylation sites is 4. The highest BCUT2D eigenvalue weighted by Gasteiger charge is 2.24. The van der Waals surface area contributed by atoms with Gasteiger partial charge in [0.1, 0.15) is 0 Å². The molecule has 0 amide bonds. The summed E-state index contributed by atoms with van der Waals surface area (Å²) >= 11 is 0.